The van der Waals surface area contributed by atoms with E-state index < -0.39 is 0 Å². The molecule has 1 aromatic heterocycles. The summed E-state index contributed by atoms with van der Waals surface area (Å²) in [6.07, 6.45) is 3.11. The molecule has 11 heavy (non-hydrogen) atoms. The fraction of sp³-hybridized carbons (Fsp3) is 0.556. The number of rotatable bonds is 3. The maximum atomic E-state index is 8.93. The van der Waals surface area contributed by atoms with E-state index in [1.54, 1.807) is 0 Å². The SMILES string of the molecule is CC[C@H](C)n1cccc1CO. The third kappa shape index (κ3) is 1.63. The fourth-order valence-corrected chi connectivity index (χ4v) is 1.19. The van der Waals surface area contributed by atoms with Crippen LogP contribution in [0.3, 0.4) is 0 Å². The first kappa shape index (κ1) is 8.34. The predicted octanol–water partition coefficient (Wildman–Crippen LogP) is 1.95. The van der Waals surface area contributed by atoms with E-state index in [0.717, 1.165) is 12.1 Å². The Kier molecular flexibility index (Phi) is 2.71. The smallest absolute Gasteiger partial charge is 0.0832 e. The second kappa shape index (κ2) is 3.58. The van der Waals surface area contributed by atoms with Gasteiger partial charge in [0.1, 0.15) is 0 Å². The molecule has 2 heteroatoms. The standard InChI is InChI=1S/C9H15NO/c1-3-8(2)10-6-4-5-9(10)7-11/h4-6,8,11H,3,7H2,1-2H3/t8-/m0/s1. The van der Waals surface area contributed by atoms with Crippen molar-refractivity contribution in [3.8, 4) is 0 Å². The van der Waals surface area contributed by atoms with E-state index in [1.807, 2.05) is 18.3 Å². The van der Waals surface area contributed by atoms with Gasteiger partial charge in [0.2, 0.25) is 0 Å². The van der Waals surface area contributed by atoms with Crippen molar-refractivity contribution in [2.24, 2.45) is 0 Å². The second-order valence-corrected chi connectivity index (χ2v) is 2.82. The number of aliphatic hydroxyl groups excluding tert-OH is 1. The van der Waals surface area contributed by atoms with Crippen LogP contribution in [0.5, 0.6) is 0 Å². The summed E-state index contributed by atoms with van der Waals surface area (Å²) in [6.45, 7) is 4.43. The highest BCUT2D eigenvalue weighted by Crippen LogP contribution is 2.13. The van der Waals surface area contributed by atoms with Gasteiger partial charge in [-0.1, -0.05) is 6.92 Å². The fourth-order valence-electron chi connectivity index (χ4n) is 1.19. The monoisotopic (exact) mass is 153 g/mol. The van der Waals surface area contributed by atoms with Crippen LogP contribution in [0.15, 0.2) is 18.3 Å². The normalized spacial score (nSPS) is 13.4. The van der Waals surface area contributed by atoms with E-state index in [2.05, 4.69) is 18.4 Å². The highest BCUT2D eigenvalue weighted by molar-refractivity contribution is 5.06. The van der Waals surface area contributed by atoms with Crippen molar-refractivity contribution >= 4 is 0 Å². The molecule has 2 nitrogen and oxygen atoms in total. The molecule has 0 saturated heterocycles. The number of aliphatic hydroxyl groups is 1. The Bertz CT molecular complexity index is 217. The molecule has 1 heterocycles. The number of hydrogen-bond donors (Lipinski definition) is 1. The molecular formula is C9H15NO. The molecule has 0 radical (unpaired) electrons. The third-order valence-corrected chi connectivity index (χ3v) is 2.09. The molecule has 0 aromatic carbocycles. The van der Waals surface area contributed by atoms with Crippen molar-refractivity contribution in [1.29, 1.82) is 0 Å². The first-order valence-electron chi connectivity index (χ1n) is 4.06. The topological polar surface area (TPSA) is 25.2 Å². The summed E-state index contributed by atoms with van der Waals surface area (Å²) in [5.41, 5.74) is 0.999. The van der Waals surface area contributed by atoms with Gasteiger partial charge in [0.05, 0.1) is 6.61 Å². The Morgan fingerprint density at radius 2 is 2.36 bits per heavy atom. The summed E-state index contributed by atoms with van der Waals surface area (Å²) >= 11 is 0. The molecule has 1 N–H and O–H groups in total. The first-order chi connectivity index (χ1) is 5.29. The summed E-state index contributed by atoms with van der Waals surface area (Å²) in [6, 6.07) is 4.41. The average molecular weight is 153 g/mol. The van der Waals surface area contributed by atoms with Crippen LogP contribution in [0, 0.1) is 0 Å². The van der Waals surface area contributed by atoms with Crippen LogP contribution in [-0.4, -0.2) is 9.67 Å². The minimum atomic E-state index is 0.136. The second-order valence-electron chi connectivity index (χ2n) is 2.82. The zero-order chi connectivity index (χ0) is 8.27. The Labute approximate surface area is 67.5 Å². The first-order valence-corrected chi connectivity index (χ1v) is 4.06. The van der Waals surface area contributed by atoms with Gasteiger partial charge in [-0.15, -0.1) is 0 Å². The Morgan fingerprint density at radius 3 is 2.91 bits per heavy atom. The van der Waals surface area contributed by atoms with Gasteiger partial charge >= 0.3 is 0 Å². The average Bonchev–Trinajstić information content (AvgIpc) is 2.50. The van der Waals surface area contributed by atoms with Crippen LogP contribution in [0.1, 0.15) is 32.0 Å². The molecule has 1 aromatic rings. The highest BCUT2D eigenvalue weighted by atomic mass is 16.3. The minimum Gasteiger partial charge on any atom is -0.390 e. The molecule has 0 bridgehead atoms. The van der Waals surface area contributed by atoms with Crippen LogP contribution < -0.4 is 0 Å². The molecule has 0 spiro atoms. The lowest BCUT2D eigenvalue weighted by Crippen LogP contribution is -2.06. The minimum absolute atomic E-state index is 0.136. The van der Waals surface area contributed by atoms with Crippen molar-refractivity contribution in [3.63, 3.8) is 0 Å². The summed E-state index contributed by atoms with van der Waals surface area (Å²) in [5, 5.41) is 8.93. The molecule has 0 aliphatic heterocycles. The van der Waals surface area contributed by atoms with Crippen LogP contribution in [0.25, 0.3) is 0 Å². The summed E-state index contributed by atoms with van der Waals surface area (Å²) in [5.74, 6) is 0. The summed E-state index contributed by atoms with van der Waals surface area (Å²) < 4.78 is 2.11. The van der Waals surface area contributed by atoms with Gasteiger partial charge in [0.15, 0.2) is 0 Å². The molecule has 0 unspecified atom stereocenters. The third-order valence-electron chi connectivity index (χ3n) is 2.09. The Morgan fingerprint density at radius 1 is 1.64 bits per heavy atom. The molecule has 0 aliphatic rings. The van der Waals surface area contributed by atoms with Gasteiger partial charge in [-0.25, -0.2) is 0 Å². The number of hydrogen-bond acceptors (Lipinski definition) is 1. The molecule has 1 rings (SSSR count). The predicted molar refractivity (Wildman–Crippen MR) is 45.4 cm³/mol. The molecular weight excluding hydrogens is 138 g/mol. The van der Waals surface area contributed by atoms with E-state index in [0.29, 0.717) is 6.04 Å². The lowest BCUT2D eigenvalue weighted by molar-refractivity contribution is 0.266. The van der Waals surface area contributed by atoms with Crippen molar-refractivity contribution in [3.05, 3.63) is 24.0 Å². The van der Waals surface area contributed by atoms with Crippen LogP contribution >= 0.6 is 0 Å². The largest absolute Gasteiger partial charge is 0.390 e. The lowest BCUT2D eigenvalue weighted by Gasteiger charge is -2.13. The number of nitrogens with zero attached hydrogens (tertiary/aromatic N) is 1. The van der Waals surface area contributed by atoms with Gasteiger partial charge < -0.3 is 9.67 Å². The van der Waals surface area contributed by atoms with Gasteiger partial charge in [-0.2, -0.15) is 0 Å². The summed E-state index contributed by atoms with van der Waals surface area (Å²) in [4.78, 5) is 0. The zero-order valence-corrected chi connectivity index (χ0v) is 7.12. The highest BCUT2D eigenvalue weighted by Gasteiger charge is 2.04. The lowest BCUT2D eigenvalue weighted by atomic mass is 10.2. The zero-order valence-electron chi connectivity index (χ0n) is 7.12. The molecule has 0 fully saturated rings. The Balaban J connectivity index is 2.83. The molecule has 0 saturated carbocycles. The van der Waals surface area contributed by atoms with Crippen molar-refractivity contribution in [2.45, 2.75) is 32.9 Å². The van der Waals surface area contributed by atoms with Crippen LogP contribution in [0.4, 0.5) is 0 Å². The van der Waals surface area contributed by atoms with Crippen LogP contribution in [-0.2, 0) is 6.61 Å². The van der Waals surface area contributed by atoms with Crippen molar-refractivity contribution < 1.29 is 5.11 Å². The maximum Gasteiger partial charge on any atom is 0.0832 e. The molecule has 0 amide bonds. The molecule has 62 valence electrons. The van der Waals surface area contributed by atoms with E-state index in [1.165, 1.54) is 0 Å². The quantitative estimate of drug-likeness (QED) is 0.705. The van der Waals surface area contributed by atoms with Gasteiger partial charge in [0, 0.05) is 17.9 Å². The van der Waals surface area contributed by atoms with E-state index in [-0.39, 0.29) is 6.61 Å². The van der Waals surface area contributed by atoms with E-state index >= 15 is 0 Å². The molecule has 0 aliphatic carbocycles. The van der Waals surface area contributed by atoms with Gasteiger partial charge in [-0.05, 0) is 25.5 Å². The number of aromatic nitrogens is 1. The van der Waals surface area contributed by atoms with Gasteiger partial charge in [0.25, 0.3) is 0 Å². The van der Waals surface area contributed by atoms with Crippen molar-refractivity contribution in [1.82, 2.24) is 4.57 Å². The van der Waals surface area contributed by atoms with Crippen LogP contribution in [0.2, 0.25) is 0 Å². The van der Waals surface area contributed by atoms with Gasteiger partial charge in [-0.3, -0.25) is 0 Å². The van der Waals surface area contributed by atoms with E-state index in [4.69, 9.17) is 5.11 Å². The molecule has 1 atom stereocenters. The maximum absolute atomic E-state index is 8.93. The van der Waals surface area contributed by atoms with Crippen molar-refractivity contribution in [2.75, 3.05) is 0 Å². The van der Waals surface area contributed by atoms with E-state index in [9.17, 15) is 0 Å². The summed E-state index contributed by atoms with van der Waals surface area (Å²) in [7, 11) is 0. The Hall–Kier alpha value is -0.760.